The van der Waals surface area contributed by atoms with Crippen molar-refractivity contribution in [2.45, 2.75) is 51.7 Å². The molecule has 1 atom stereocenters. The Kier molecular flexibility index (Phi) is 6.13. The molecule has 0 aromatic carbocycles. The third-order valence-electron chi connectivity index (χ3n) is 7.47. The van der Waals surface area contributed by atoms with Gasteiger partial charge in [-0.15, -0.1) is 0 Å². The van der Waals surface area contributed by atoms with Crippen LogP contribution >= 0.6 is 0 Å². The Bertz CT molecular complexity index is 1430. The van der Waals surface area contributed by atoms with Crippen LogP contribution < -0.4 is 15.1 Å². The summed E-state index contributed by atoms with van der Waals surface area (Å²) in [6, 6.07) is 5.55. The number of ether oxygens (including phenoxy) is 2. The van der Waals surface area contributed by atoms with Gasteiger partial charge in [-0.25, -0.2) is 19.6 Å². The number of urea groups is 1. The van der Waals surface area contributed by atoms with Gasteiger partial charge >= 0.3 is 12.1 Å². The molecule has 0 bridgehead atoms. The molecule has 11 heteroatoms. The molecule has 3 aromatic heterocycles. The highest BCUT2D eigenvalue weighted by molar-refractivity contribution is 6.03. The van der Waals surface area contributed by atoms with Crippen molar-refractivity contribution in [2.24, 2.45) is 0 Å². The zero-order valence-corrected chi connectivity index (χ0v) is 22.9. The van der Waals surface area contributed by atoms with Crippen molar-refractivity contribution in [1.82, 2.24) is 19.3 Å². The van der Waals surface area contributed by atoms with Gasteiger partial charge < -0.3 is 29.0 Å². The van der Waals surface area contributed by atoms with E-state index in [0.29, 0.717) is 44.3 Å². The highest BCUT2D eigenvalue weighted by Crippen LogP contribution is 2.39. The number of morpholine rings is 1. The molecule has 39 heavy (non-hydrogen) atoms. The largest absolute Gasteiger partial charge is 0.444 e. The van der Waals surface area contributed by atoms with Crippen molar-refractivity contribution in [3.05, 3.63) is 48.0 Å². The second-order valence-electron chi connectivity index (χ2n) is 11.6. The molecule has 3 aromatic rings. The number of carbonyl (C=O) groups is 2. The van der Waals surface area contributed by atoms with Gasteiger partial charge in [0, 0.05) is 56.0 Å². The van der Waals surface area contributed by atoms with Crippen molar-refractivity contribution in [3.63, 3.8) is 0 Å². The lowest BCUT2D eigenvalue weighted by Gasteiger charge is -2.40. The summed E-state index contributed by atoms with van der Waals surface area (Å²) in [6.45, 7) is 11.1. The maximum Gasteiger partial charge on any atom is 0.410 e. The fraction of sp³-hybridized carbons (Fsp3) is 0.500. The topological polar surface area (TPSA) is 105 Å². The van der Waals surface area contributed by atoms with E-state index < -0.39 is 11.2 Å². The number of amides is 3. The van der Waals surface area contributed by atoms with E-state index in [9.17, 15) is 9.59 Å². The molecule has 206 valence electrons. The molecule has 0 radical (unpaired) electrons. The third-order valence-corrected chi connectivity index (χ3v) is 7.47. The zero-order chi connectivity index (χ0) is 27.4. The molecule has 3 aliphatic heterocycles. The number of anilines is 3. The van der Waals surface area contributed by atoms with Crippen molar-refractivity contribution in [3.8, 4) is 0 Å². The number of aromatic nitrogens is 3. The van der Waals surface area contributed by atoms with Gasteiger partial charge in [0.1, 0.15) is 22.7 Å². The Hall–Kier alpha value is -3.86. The van der Waals surface area contributed by atoms with Crippen LogP contribution in [-0.2, 0) is 15.9 Å². The second kappa shape index (κ2) is 9.41. The normalized spacial score (nSPS) is 21.1. The summed E-state index contributed by atoms with van der Waals surface area (Å²) < 4.78 is 13.8. The number of aryl methyl sites for hydroxylation is 1. The molecule has 3 aliphatic rings. The van der Waals surface area contributed by atoms with E-state index in [0.717, 1.165) is 42.0 Å². The number of hydrogen-bond acceptors (Lipinski definition) is 7. The third kappa shape index (κ3) is 4.98. The summed E-state index contributed by atoms with van der Waals surface area (Å²) in [7, 11) is 0. The van der Waals surface area contributed by atoms with Gasteiger partial charge in [0.15, 0.2) is 0 Å². The number of carbonyl (C=O) groups excluding carboxylic acids is 2. The predicted molar refractivity (Wildman–Crippen MR) is 148 cm³/mol. The Morgan fingerprint density at radius 2 is 1.95 bits per heavy atom. The molecule has 0 saturated carbocycles. The smallest absolute Gasteiger partial charge is 0.410 e. The van der Waals surface area contributed by atoms with Crippen LogP contribution in [0.25, 0.3) is 5.65 Å². The summed E-state index contributed by atoms with van der Waals surface area (Å²) in [5.41, 5.74) is 3.61. The Morgan fingerprint density at radius 1 is 1.10 bits per heavy atom. The average Bonchev–Trinajstić information content (AvgIpc) is 3.59. The van der Waals surface area contributed by atoms with Crippen LogP contribution in [0.5, 0.6) is 0 Å². The molecule has 6 rings (SSSR count). The maximum absolute atomic E-state index is 13.3. The van der Waals surface area contributed by atoms with Crippen LogP contribution in [0, 0.1) is 6.92 Å². The molecule has 2 saturated heterocycles. The quantitative estimate of drug-likeness (QED) is 0.534. The fourth-order valence-electron chi connectivity index (χ4n) is 5.78. The van der Waals surface area contributed by atoms with E-state index in [1.54, 1.807) is 16.0 Å². The van der Waals surface area contributed by atoms with E-state index in [-0.39, 0.29) is 12.1 Å². The number of hydrogen-bond donors (Lipinski definition) is 1. The van der Waals surface area contributed by atoms with Gasteiger partial charge in [-0.3, -0.25) is 4.90 Å². The van der Waals surface area contributed by atoms with E-state index >= 15 is 0 Å². The average molecular weight is 534 g/mol. The van der Waals surface area contributed by atoms with Crippen molar-refractivity contribution in [1.29, 1.82) is 0 Å². The lowest BCUT2D eigenvalue weighted by atomic mass is 10.0. The Morgan fingerprint density at radius 3 is 2.77 bits per heavy atom. The molecule has 1 unspecified atom stereocenters. The summed E-state index contributed by atoms with van der Waals surface area (Å²) in [5.74, 6) is 0.686. The minimum Gasteiger partial charge on any atom is -0.444 e. The van der Waals surface area contributed by atoms with Gasteiger partial charge in [0.25, 0.3) is 0 Å². The summed E-state index contributed by atoms with van der Waals surface area (Å²) in [4.78, 5) is 40.8. The fourth-order valence-corrected chi connectivity index (χ4v) is 5.78. The zero-order valence-electron chi connectivity index (χ0n) is 22.9. The second-order valence-corrected chi connectivity index (χ2v) is 11.6. The number of fused-ring (bicyclic) bond motifs is 2. The first kappa shape index (κ1) is 25.4. The minimum absolute atomic E-state index is 0.212. The van der Waals surface area contributed by atoms with Gasteiger partial charge in [-0.05, 0) is 58.7 Å². The molecular formula is C28H35N7O4. The van der Waals surface area contributed by atoms with E-state index in [2.05, 4.69) is 20.2 Å². The molecule has 11 nitrogen and oxygen atoms in total. The Balaban J connectivity index is 1.16. The van der Waals surface area contributed by atoms with Crippen LogP contribution in [0.4, 0.5) is 26.8 Å². The molecule has 1 spiro atoms. The van der Waals surface area contributed by atoms with Crippen molar-refractivity contribution in [2.75, 3.05) is 54.4 Å². The first-order chi connectivity index (χ1) is 18.6. The first-order valence-electron chi connectivity index (χ1n) is 13.5. The number of pyridine rings is 2. The van der Waals surface area contributed by atoms with Crippen LogP contribution in [0.1, 0.15) is 38.4 Å². The van der Waals surface area contributed by atoms with Crippen LogP contribution in [0.15, 0.2) is 36.8 Å². The molecular weight excluding hydrogens is 498 g/mol. The first-order valence-corrected chi connectivity index (χ1v) is 13.5. The summed E-state index contributed by atoms with van der Waals surface area (Å²) in [5, 5.41) is 3.01. The highest BCUT2D eigenvalue weighted by Gasteiger charge is 2.45. The number of imidazole rings is 1. The van der Waals surface area contributed by atoms with Gasteiger partial charge in [0.2, 0.25) is 0 Å². The summed E-state index contributed by atoms with van der Waals surface area (Å²) >= 11 is 0. The van der Waals surface area contributed by atoms with E-state index in [1.165, 1.54) is 0 Å². The molecule has 3 amide bonds. The van der Waals surface area contributed by atoms with Crippen molar-refractivity contribution >= 4 is 35.0 Å². The van der Waals surface area contributed by atoms with Crippen LogP contribution in [0.3, 0.4) is 0 Å². The van der Waals surface area contributed by atoms with E-state index in [1.807, 2.05) is 62.7 Å². The molecule has 0 aliphatic carbocycles. The monoisotopic (exact) mass is 533 g/mol. The molecule has 6 heterocycles. The van der Waals surface area contributed by atoms with Crippen molar-refractivity contribution < 1.29 is 19.1 Å². The lowest BCUT2D eigenvalue weighted by Crippen LogP contribution is -2.55. The number of nitrogens with one attached hydrogen (secondary N) is 1. The number of nitrogens with zero attached hydrogens (tertiary/aromatic N) is 6. The minimum atomic E-state index is -0.536. The molecule has 2 fully saturated rings. The van der Waals surface area contributed by atoms with Gasteiger partial charge in [0.05, 0.1) is 24.5 Å². The SMILES string of the molecule is Cc1cn2cc(NC(=O)N3CCc4c(N5CCC6(CN(C(=O)OC(C)(C)C)CCO6)C5)ccnc43)ccc2n1. The predicted octanol–water partition coefficient (Wildman–Crippen LogP) is 3.85. The maximum atomic E-state index is 13.3. The number of rotatable bonds is 2. The summed E-state index contributed by atoms with van der Waals surface area (Å²) in [6.07, 6.45) is 6.79. The standard InChI is InChI=1S/C28H35N7O4/c1-19-15-34-16-20(5-6-23(34)30-19)31-25(36)35-11-8-21-22(7-10-29-24(21)35)32-12-9-28(17-32)18-33(13-14-38-28)26(37)39-27(2,3)4/h5-7,10,15-16H,8-9,11-14,17-18H2,1-4H3,(H,31,36). The van der Waals surface area contributed by atoms with E-state index in [4.69, 9.17) is 9.47 Å². The Labute approximate surface area is 227 Å². The van der Waals surface area contributed by atoms with Crippen LogP contribution in [0.2, 0.25) is 0 Å². The van der Waals surface area contributed by atoms with Gasteiger partial charge in [-0.1, -0.05) is 0 Å². The van der Waals surface area contributed by atoms with Gasteiger partial charge in [-0.2, -0.15) is 0 Å². The molecule has 1 N–H and O–H groups in total. The van der Waals surface area contributed by atoms with Crippen LogP contribution in [-0.4, -0.2) is 81.9 Å². The highest BCUT2D eigenvalue weighted by atomic mass is 16.6. The lowest BCUT2D eigenvalue weighted by molar-refractivity contribution is -0.0958.